The second-order valence-corrected chi connectivity index (χ2v) is 5.59. The van der Waals surface area contributed by atoms with E-state index in [0.29, 0.717) is 17.9 Å². The van der Waals surface area contributed by atoms with E-state index in [1.54, 1.807) is 0 Å². The molecule has 1 saturated carbocycles. The lowest BCUT2D eigenvalue weighted by molar-refractivity contribution is -0.195. The van der Waals surface area contributed by atoms with Crippen molar-refractivity contribution < 1.29 is 14.3 Å². The minimum absolute atomic E-state index is 0.321. The van der Waals surface area contributed by atoms with Crippen molar-refractivity contribution in [3.8, 4) is 0 Å². The minimum atomic E-state index is -0.321. The first-order chi connectivity index (χ1) is 8.20. The fourth-order valence-electron chi connectivity index (χ4n) is 3.62. The van der Waals surface area contributed by atoms with Crippen LogP contribution in [0.3, 0.4) is 0 Å². The van der Waals surface area contributed by atoms with Crippen LogP contribution in [0.15, 0.2) is 0 Å². The van der Waals surface area contributed by atoms with Gasteiger partial charge in [-0.2, -0.15) is 0 Å². The number of likely N-dealkylation sites (tertiary alicyclic amines) is 1. The zero-order valence-corrected chi connectivity index (χ0v) is 10.5. The molecule has 2 saturated heterocycles. The van der Waals surface area contributed by atoms with Crippen molar-refractivity contribution in [2.75, 3.05) is 19.8 Å². The molecule has 0 radical (unpaired) electrons. The molecule has 0 N–H and O–H groups in total. The SMILES string of the molecule is C[C@H]1CC2(CC[C@H]1N1CCCC1=O)OCCO2. The molecule has 96 valence electrons. The Morgan fingerprint density at radius 2 is 2.12 bits per heavy atom. The van der Waals surface area contributed by atoms with Gasteiger partial charge in [0.05, 0.1) is 13.2 Å². The number of rotatable bonds is 1. The van der Waals surface area contributed by atoms with Crippen molar-refractivity contribution in [2.24, 2.45) is 5.92 Å². The highest BCUT2D eigenvalue weighted by atomic mass is 16.7. The van der Waals surface area contributed by atoms with E-state index < -0.39 is 0 Å². The van der Waals surface area contributed by atoms with Crippen molar-refractivity contribution in [3.05, 3.63) is 0 Å². The lowest BCUT2D eigenvalue weighted by Crippen LogP contribution is -2.49. The lowest BCUT2D eigenvalue weighted by Gasteiger charge is -2.43. The molecule has 3 fully saturated rings. The van der Waals surface area contributed by atoms with Crippen molar-refractivity contribution in [3.63, 3.8) is 0 Å². The zero-order chi connectivity index (χ0) is 11.9. The van der Waals surface area contributed by atoms with E-state index in [0.717, 1.165) is 51.9 Å². The fourth-order valence-corrected chi connectivity index (χ4v) is 3.62. The Hall–Kier alpha value is -0.610. The number of hydrogen-bond donors (Lipinski definition) is 0. The molecule has 4 heteroatoms. The van der Waals surface area contributed by atoms with E-state index in [-0.39, 0.29) is 5.79 Å². The maximum Gasteiger partial charge on any atom is 0.222 e. The van der Waals surface area contributed by atoms with Gasteiger partial charge in [0, 0.05) is 31.8 Å². The van der Waals surface area contributed by atoms with E-state index in [1.807, 2.05) is 0 Å². The smallest absolute Gasteiger partial charge is 0.222 e. The number of carbonyl (C=O) groups is 1. The molecular weight excluding hydrogens is 218 g/mol. The summed E-state index contributed by atoms with van der Waals surface area (Å²) in [5, 5.41) is 0. The van der Waals surface area contributed by atoms with Gasteiger partial charge < -0.3 is 14.4 Å². The second kappa shape index (κ2) is 4.25. The average molecular weight is 239 g/mol. The van der Waals surface area contributed by atoms with Crippen molar-refractivity contribution >= 4 is 5.91 Å². The van der Waals surface area contributed by atoms with Crippen molar-refractivity contribution in [1.29, 1.82) is 0 Å². The van der Waals surface area contributed by atoms with Gasteiger partial charge in [-0.15, -0.1) is 0 Å². The molecule has 3 rings (SSSR count). The molecule has 4 nitrogen and oxygen atoms in total. The molecule has 1 spiro atoms. The summed E-state index contributed by atoms with van der Waals surface area (Å²) in [6, 6.07) is 0.406. The maximum absolute atomic E-state index is 11.8. The third-order valence-corrected chi connectivity index (χ3v) is 4.43. The van der Waals surface area contributed by atoms with Gasteiger partial charge in [0.25, 0.3) is 0 Å². The Morgan fingerprint density at radius 3 is 2.71 bits per heavy atom. The van der Waals surface area contributed by atoms with Gasteiger partial charge in [-0.3, -0.25) is 4.79 Å². The summed E-state index contributed by atoms with van der Waals surface area (Å²) in [6.45, 7) is 4.62. The fraction of sp³-hybridized carbons (Fsp3) is 0.923. The van der Waals surface area contributed by atoms with Gasteiger partial charge in [0.2, 0.25) is 5.91 Å². The molecule has 1 aliphatic carbocycles. The monoisotopic (exact) mass is 239 g/mol. The largest absolute Gasteiger partial charge is 0.348 e. The van der Waals surface area contributed by atoms with E-state index >= 15 is 0 Å². The molecule has 2 aliphatic heterocycles. The Bertz CT molecular complexity index is 312. The van der Waals surface area contributed by atoms with Gasteiger partial charge in [-0.1, -0.05) is 6.92 Å². The minimum Gasteiger partial charge on any atom is -0.348 e. The van der Waals surface area contributed by atoms with Crippen LogP contribution in [0.2, 0.25) is 0 Å². The highest BCUT2D eigenvalue weighted by Crippen LogP contribution is 2.41. The molecule has 0 aromatic carbocycles. The molecule has 3 aliphatic rings. The summed E-state index contributed by atoms with van der Waals surface area (Å²) in [5.41, 5.74) is 0. The first kappa shape index (κ1) is 11.5. The summed E-state index contributed by atoms with van der Waals surface area (Å²) in [5.74, 6) is 0.494. The van der Waals surface area contributed by atoms with Crippen molar-refractivity contribution in [2.45, 2.75) is 50.9 Å². The van der Waals surface area contributed by atoms with Crippen LogP contribution in [0.1, 0.15) is 39.0 Å². The molecule has 1 amide bonds. The molecule has 2 atom stereocenters. The Morgan fingerprint density at radius 1 is 1.35 bits per heavy atom. The summed E-state index contributed by atoms with van der Waals surface area (Å²) in [6.07, 6.45) is 4.65. The Balaban J connectivity index is 1.67. The molecular formula is C13H21NO3. The third kappa shape index (κ3) is 1.97. The normalized spacial score (nSPS) is 37.0. The van der Waals surface area contributed by atoms with Crippen LogP contribution in [-0.4, -0.2) is 42.4 Å². The quantitative estimate of drug-likeness (QED) is 0.696. The lowest BCUT2D eigenvalue weighted by atomic mass is 9.81. The van der Waals surface area contributed by atoms with Crippen LogP contribution < -0.4 is 0 Å². The summed E-state index contributed by atoms with van der Waals surface area (Å²) in [4.78, 5) is 13.9. The molecule has 0 aromatic rings. The molecule has 0 bridgehead atoms. The van der Waals surface area contributed by atoms with E-state index in [9.17, 15) is 4.79 Å². The molecule has 0 aromatic heterocycles. The van der Waals surface area contributed by atoms with E-state index in [2.05, 4.69) is 11.8 Å². The van der Waals surface area contributed by atoms with Crippen LogP contribution >= 0.6 is 0 Å². The molecule has 17 heavy (non-hydrogen) atoms. The topological polar surface area (TPSA) is 38.8 Å². The van der Waals surface area contributed by atoms with E-state index in [4.69, 9.17) is 9.47 Å². The highest BCUT2D eigenvalue weighted by Gasteiger charge is 2.46. The Kier molecular flexibility index (Phi) is 2.87. The first-order valence-corrected chi connectivity index (χ1v) is 6.78. The summed E-state index contributed by atoms with van der Waals surface area (Å²) >= 11 is 0. The van der Waals surface area contributed by atoms with Gasteiger partial charge in [0.15, 0.2) is 5.79 Å². The predicted molar refractivity (Wildman–Crippen MR) is 62.4 cm³/mol. The standard InChI is InChI=1S/C13H21NO3/c1-10-9-13(16-7-8-17-13)5-4-11(10)14-6-2-3-12(14)15/h10-11H,2-9H2,1H3/t10-,11+/m0/s1. The van der Waals surface area contributed by atoms with Crippen LogP contribution in [0, 0.1) is 5.92 Å². The van der Waals surface area contributed by atoms with Crippen LogP contribution in [0.4, 0.5) is 0 Å². The summed E-state index contributed by atoms with van der Waals surface area (Å²) < 4.78 is 11.5. The van der Waals surface area contributed by atoms with E-state index in [1.165, 1.54) is 0 Å². The number of nitrogens with zero attached hydrogens (tertiary/aromatic N) is 1. The zero-order valence-electron chi connectivity index (χ0n) is 10.5. The predicted octanol–water partition coefficient (Wildman–Crippen LogP) is 1.54. The van der Waals surface area contributed by atoms with Crippen LogP contribution in [-0.2, 0) is 14.3 Å². The number of amides is 1. The number of carbonyl (C=O) groups excluding carboxylic acids is 1. The van der Waals surface area contributed by atoms with Gasteiger partial charge in [-0.25, -0.2) is 0 Å². The van der Waals surface area contributed by atoms with Gasteiger partial charge in [0.1, 0.15) is 0 Å². The maximum atomic E-state index is 11.8. The molecule has 2 heterocycles. The highest BCUT2D eigenvalue weighted by molar-refractivity contribution is 5.78. The van der Waals surface area contributed by atoms with Gasteiger partial charge in [-0.05, 0) is 18.8 Å². The average Bonchev–Trinajstić information content (AvgIpc) is 2.90. The van der Waals surface area contributed by atoms with Crippen molar-refractivity contribution in [1.82, 2.24) is 4.90 Å². The second-order valence-electron chi connectivity index (χ2n) is 5.59. The summed E-state index contributed by atoms with van der Waals surface area (Å²) in [7, 11) is 0. The Labute approximate surface area is 102 Å². The first-order valence-electron chi connectivity index (χ1n) is 6.78. The third-order valence-electron chi connectivity index (χ3n) is 4.43. The molecule has 0 unspecified atom stereocenters. The number of hydrogen-bond acceptors (Lipinski definition) is 3. The number of ether oxygens (including phenoxy) is 2. The van der Waals surface area contributed by atoms with Crippen LogP contribution in [0.25, 0.3) is 0 Å². The van der Waals surface area contributed by atoms with Gasteiger partial charge >= 0.3 is 0 Å². The van der Waals surface area contributed by atoms with Crippen LogP contribution in [0.5, 0.6) is 0 Å².